The molecule has 0 saturated carbocycles. The van der Waals surface area contributed by atoms with Gasteiger partial charge in [-0.05, 0) is 18.2 Å². The highest BCUT2D eigenvalue weighted by molar-refractivity contribution is 7.79. The smallest absolute Gasteiger partial charge is 0.221 e. The van der Waals surface area contributed by atoms with Gasteiger partial charge in [0.15, 0.2) is 11.1 Å². The van der Waals surface area contributed by atoms with E-state index in [1.54, 1.807) is 0 Å². The highest BCUT2D eigenvalue weighted by Gasteiger charge is 2.06. The lowest BCUT2D eigenvalue weighted by Crippen LogP contribution is -2.06. The van der Waals surface area contributed by atoms with E-state index in [0.717, 1.165) is 0 Å². The number of carbonyl (C=O) groups is 1. The third-order valence-electron chi connectivity index (χ3n) is 1.48. The summed E-state index contributed by atoms with van der Waals surface area (Å²) in [6.45, 7) is 1.28. The Labute approximate surface area is 83.0 Å². The van der Waals surface area contributed by atoms with Gasteiger partial charge in [-0.2, -0.15) is 0 Å². The van der Waals surface area contributed by atoms with Crippen molar-refractivity contribution in [3.8, 4) is 5.75 Å². The molecule has 0 aliphatic carbocycles. The molecule has 1 aromatic rings. The van der Waals surface area contributed by atoms with Crippen molar-refractivity contribution in [2.45, 2.75) is 11.8 Å². The molecule has 1 unspecified atom stereocenters. The molecule has 76 valence electrons. The number of carbonyl (C=O) groups excluding carboxylic acids is 1. The fourth-order valence-electron chi connectivity index (χ4n) is 0.914. The van der Waals surface area contributed by atoms with Crippen LogP contribution in [0.3, 0.4) is 0 Å². The number of nitrogens with one attached hydrogen (secondary N) is 1. The zero-order valence-electron chi connectivity index (χ0n) is 7.35. The summed E-state index contributed by atoms with van der Waals surface area (Å²) >= 11 is -2.12. The Kier molecular flexibility index (Phi) is 3.21. The van der Waals surface area contributed by atoms with Crippen LogP contribution in [0.2, 0.25) is 0 Å². The van der Waals surface area contributed by atoms with Gasteiger partial charge < -0.3 is 15.0 Å². The Bertz CT molecular complexity index is 391. The summed E-state index contributed by atoms with van der Waals surface area (Å²) in [5.41, 5.74) is 0.123. The van der Waals surface area contributed by atoms with Crippen molar-refractivity contribution in [2.24, 2.45) is 0 Å². The van der Waals surface area contributed by atoms with Crippen LogP contribution in [0.15, 0.2) is 23.1 Å². The molecule has 0 aromatic heterocycles. The summed E-state index contributed by atoms with van der Waals surface area (Å²) in [6.07, 6.45) is 0. The standard InChI is InChI=1S/C8H9NO4S/c1-5(10)9-7-4-6(14(12)13)2-3-8(7)11/h2-4,11H,1H3,(H,9,10)(H,12,13). The lowest BCUT2D eigenvalue weighted by molar-refractivity contribution is -0.114. The highest BCUT2D eigenvalue weighted by atomic mass is 32.2. The van der Waals surface area contributed by atoms with Crippen LogP contribution in [0.25, 0.3) is 0 Å². The van der Waals surface area contributed by atoms with E-state index in [1.165, 1.54) is 25.1 Å². The van der Waals surface area contributed by atoms with Crippen LogP contribution >= 0.6 is 0 Å². The summed E-state index contributed by atoms with van der Waals surface area (Å²) < 4.78 is 19.4. The van der Waals surface area contributed by atoms with Crippen LogP contribution in [-0.4, -0.2) is 19.8 Å². The molecule has 0 saturated heterocycles. The first-order valence-corrected chi connectivity index (χ1v) is 4.83. The van der Waals surface area contributed by atoms with Crippen LogP contribution in [0, 0.1) is 0 Å². The van der Waals surface area contributed by atoms with Gasteiger partial charge in [0, 0.05) is 6.92 Å². The van der Waals surface area contributed by atoms with Gasteiger partial charge in [-0.25, -0.2) is 4.21 Å². The van der Waals surface area contributed by atoms with Gasteiger partial charge >= 0.3 is 0 Å². The van der Waals surface area contributed by atoms with Gasteiger partial charge in [-0.15, -0.1) is 0 Å². The fourth-order valence-corrected chi connectivity index (χ4v) is 1.32. The van der Waals surface area contributed by atoms with E-state index in [0.29, 0.717) is 0 Å². The lowest BCUT2D eigenvalue weighted by atomic mass is 10.3. The van der Waals surface area contributed by atoms with Gasteiger partial charge in [-0.1, -0.05) is 0 Å². The van der Waals surface area contributed by atoms with Crippen molar-refractivity contribution in [2.75, 3.05) is 5.32 Å². The first kappa shape index (κ1) is 10.7. The maximum absolute atomic E-state index is 10.7. The Hall–Kier alpha value is -1.40. The molecule has 6 heteroatoms. The Balaban J connectivity index is 3.08. The lowest BCUT2D eigenvalue weighted by Gasteiger charge is -2.05. The summed E-state index contributed by atoms with van der Waals surface area (Å²) in [6, 6.07) is 3.79. The second kappa shape index (κ2) is 4.21. The average Bonchev–Trinajstić information content (AvgIpc) is 2.07. The fraction of sp³-hybridized carbons (Fsp3) is 0.125. The number of hydrogen-bond donors (Lipinski definition) is 3. The second-order valence-corrected chi connectivity index (χ2v) is 3.58. The highest BCUT2D eigenvalue weighted by Crippen LogP contribution is 2.25. The minimum atomic E-state index is -2.12. The molecule has 0 radical (unpaired) electrons. The predicted molar refractivity (Wildman–Crippen MR) is 51.4 cm³/mol. The van der Waals surface area contributed by atoms with Crippen LogP contribution < -0.4 is 5.32 Å². The number of hydrogen-bond acceptors (Lipinski definition) is 3. The van der Waals surface area contributed by atoms with Crippen molar-refractivity contribution >= 4 is 22.7 Å². The SMILES string of the molecule is CC(=O)Nc1cc(S(=O)O)ccc1O. The number of phenolic OH excluding ortho intramolecular Hbond substituents is 1. The summed E-state index contributed by atoms with van der Waals surface area (Å²) in [4.78, 5) is 10.8. The van der Waals surface area contributed by atoms with Crippen LogP contribution in [0.4, 0.5) is 5.69 Å². The summed E-state index contributed by atoms with van der Waals surface area (Å²) in [5.74, 6) is -0.504. The molecule has 0 fully saturated rings. The van der Waals surface area contributed by atoms with E-state index >= 15 is 0 Å². The molecule has 1 amide bonds. The number of aromatic hydroxyl groups is 1. The molecule has 0 bridgehead atoms. The third kappa shape index (κ3) is 2.54. The molecule has 14 heavy (non-hydrogen) atoms. The minimum Gasteiger partial charge on any atom is -0.506 e. The van der Waals surface area contributed by atoms with E-state index in [1.807, 2.05) is 0 Å². The molecule has 3 N–H and O–H groups in total. The van der Waals surface area contributed by atoms with Gasteiger partial charge in [0.25, 0.3) is 0 Å². The van der Waals surface area contributed by atoms with E-state index in [-0.39, 0.29) is 22.2 Å². The number of amides is 1. The van der Waals surface area contributed by atoms with Crippen molar-refractivity contribution in [1.29, 1.82) is 0 Å². The molecule has 0 aliphatic rings. The molecule has 1 atom stereocenters. The third-order valence-corrected chi connectivity index (χ3v) is 2.14. The van der Waals surface area contributed by atoms with Gasteiger partial charge in [0.05, 0.1) is 10.6 Å². The molecule has 1 aromatic carbocycles. The molecular weight excluding hydrogens is 206 g/mol. The normalized spacial score (nSPS) is 12.1. The van der Waals surface area contributed by atoms with Gasteiger partial charge in [0.2, 0.25) is 5.91 Å². The minimum absolute atomic E-state index is 0.117. The molecular formula is C8H9NO4S. The van der Waals surface area contributed by atoms with Crippen molar-refractivity contribution in [3.05, 3.63) is 18.2 Å². The average molecular weight is 215 g/mol. The van der Waals surface area contributed by atoms with Crippen molar-refractivity contribution in [3.63, 3.8) is 0 Å². The zero-order chi connectivity index (χ0) is 10.7. The van der Waals surface area contributed by atoms with Crippen LogP contribution in [0.1, 0.15) is 6.92 Å². The monoisotopic (exact) mass is 215 g/mol. The maximum atomic E-state index is 10.7. The summed E-state index contributed by atoms with van der Waals surface area (Å²) in [7, 11) is 0. The first-order valence-electron chi connectivity index (χ1n) is 3.72. The largest absolute Gasteiger partial charge is 0.506 e. The van der Waals surface area contributed by atoms with E-state index in [9.17, 15) is 14.1 Å². The van der Waals surface area contributed by atoms with Crippen LogP contribution in [-0.2, 0) is 15.9 Å². The van der Waals surface area contributed by atoms with Crippen molar-refractivity contribution < 1.29 is 18.7 Å². The molecule has 0 aliphatic heterocycles. The van der Waals surface area contributed by atoms with E-state index < -0.39 is 11.1 Å². The second-order valence-electron chi connectivity index (χ2n) is 2.61. The number of benzene rings is 1. The maximum Gasteiger partial charge on any atom is 0.221 e. The van der Waals surface area contributed by atoms with E-state index in [4.69, 9.17) is 4.55 Å². The van der Waals surface area contributed by atoms with Gasteiger partial charge in [-0.3, -0.25) is 4.79 Å². The summed E-state index contributed by atoms with van der Waals surface area (Å²) in [5, 5.41) is 11.6. The predicted octanol–water partition coefficient (Wildman–Crippen LogP) is 0.931. The van der Waals surface area contributed by atoms with E-state index in [2.05, 4.69) is 5.32 Å². The quantitative estimate of drug-likeness (QED) is 0.506. The molecule has 1 rings (SSSR count). The Morgan fingerprint density at radius 1 is 1.50 bits per heavy atom. The topological polar surface area (TPSA) is 86.6 Å². The first-order chi connectivity index (χ1) is 6.50. The number of anilines is 1. The number of rotatable bonds is 2. The van der Waals surface area contributed by atoms with Crippen molar-refractivity contribution in [1.82, 2.24) is 0 Å². The number of phenols is 1. The Morgan fingerprint density at radius 3 is 2.64 bits per heavy atom. The molecule has 0 spiro atoms. The molecule has 5 nitrogen and oxygen atoms in total. The van der Waals surface area contributed by atoms with Gasteiger partial charge in [0.1, 0.15) is 5.75 Å². The zero-order valence-corrected chi connectivity index (χ0v) is 8.17. The van der Waals surface area contributed by atoms with Crippen LogP contribution in [0.5, 0.6) is 5.75 Å². The molecule has 0 heterocycles. The Morgan fingerprint density at radius 2 is 2.14 bits per heavy atom.